The molecular formula is C21H20ClN3O3. The minimum Gasteiger partial charge on any atom is -0.496 e. The van der Waals surface area contributed by atoms with Gasteiger partial charge in [-0.1, -0.05) is 28.9 Å². The molecule has 0 N–H and O–H groups in total. The summed E-state index contributed by atoms with van der Waals surface area (Å²) < 4.78 is 10.9. The average molecular weight is 398 g/mol. The summed E-state index contributed by atoms with van der Waals surface area (Å²) in [5.74, 6) is 1.41. The monoisotopic (exact) mass is 397 g/mol. The molecule has 144 valence electrons. The zero-order valence-corrected chi connectivity index (χ0v) is 16.2. The van der Waals surface area contributed by atoms with E-state index in [0.29, 0.717) is 34.6 Å². The van der Waals surface area contributed by atoms with Crippen molar-refractivity contribution in [2.75, 3.05) is 13.7 Å². The number of carbonyl (C=O) groups is 1. The number of likely N-dealkylation sites (tertiary alicyclic amines) is 1. The number of para-hydroxylation sites is 1. The van der Waals surface area contributed by atoms with E-state index < -0.39 is 0 Å². The number of carbonyl (C=O) groups excluding carboxylic acids is 1. The number of benzene rings is 2. The Morgan fingerprint density at radius 1 is 1.18 bits per heavy atom. The molecule has 1 aliphatic heterocycles. The van der Waals surface area contributed by atoms with E-state index in [1.54, 1.807) is 36.3 Å². The lowest BCUT2D eigenvalue weighted by atomic mass is 10.0. The third-order valence-electron chi connectivity index (χ3n) is 4.93. The topological polar surface area (TPSA) is 68.5 Å². The van der Waals surface area contributed by atoms with Gasteiger partial charge in [0.15, 0.2) is 0 Å². The molecule has 0 spiro atoms. The lowest BCUT2D eigenvalue weighted by Crippen LogP contribution is -2.38. The van der Waals surface area contributed by atoms with Gasteiger partial charge in [0.2, 0.25) is 11.7 Å². The maximum absolute atomic E-state index is 13.2. The van der Waals surface area contributed by atoms with Gasteiger partial charge in [-0.15, -0.1) is 0 Å². The van der Waals surface area contributed by atoms with Crippen LogP contribution in [0.5, 0.6) is 5.75 Å². The molecule has 1 fully saturated rings. The van der Waals surface area contributed by atoms with Crippen LogP contribution in [0.3, 0.4) is 0 Å². The number of ether oxygens (including phenoxy) is 1. The van der Waals surface area contributed by atoms with Gasteiger partial charge in [-0.3, -0.25) is 4.79 Å². The molecule has 0 aliphatic carbocycles. The number of aromatic nitrogens is 2. The molecule has 0 bridgehead atoms. The summed E-state index contributed by atoms with van der Waals surface area (Å²) >= 11 is 5.94. The van der Waals surface area contributed by atoms with Crippen molar-refractivity contribution >= 4 is 17.5 Å². The van der Waals surface area contributed by atoms with E-state index >= 15 is 0 Å². The zero-order chi connectivity index (χ0) is 19.5. The summed E-state index contributed by atoms with van der Waals surface area (Å²) in [5.41, 5.74) is 1.35. The molecule has 2 aromatic carbocycles. The second-order valence-corrected chi connectivity index (χ2v) is 7.11. The van der Waals surface area contributed by atoms with Crippen molar-refractivity contribution in [3.05, 3.63) is 65.0 Å². The Morgan fingerprint density at radius 3 is 2.75 bits per heavy atom. The van der Waals surface area contributed by atoms with Crippen molar-refractivity contribution < 1.29 is 14.1 Å². The third kappa shape index (κ3) is 3.60. The number of hydrogen-bond donors (Lipinski definition) is 0. The Labute approximate surface area is 168 Å². The highest BCUT2D eigenvalue weighted by Gasteiger charge is 2.33. The van der Waals surface area contributed by atoms with E-state index in [2.05, 4.69) is 10.1 Å². The van der Waals surface area contributed by atoms with Crippen molar-refractivity contribution in [1.29, 1.82) is 0 Å². The summed E-state index contributed by atoms with van der Waals surface area (Å²) in [6.45, 7) is 0.639. The Balaban J connectivity index is 1.62. The number of rotatable bonds is 4. The molecule has 28 heavy (non-hydrogen) atoms. The first-order chi connectivity index (χ1) is 13.7. The number of halogens is 1. The van der Waals surface area contributed by atoms with Crippen LogP contribution in [0, 0.1) is 0 Å². The lowest BCUT2D eigenvalue weighted by Gasteiger charge is -2.33. The zero-order valence-electron chi connectivity index (χ0n) is 15.5. The molecular weight excluding hydrogens is 378 g/mol. The van der Waals surface area contributed by atoms with Gasteiger partial charge in [-0.05, 0) is 55.7 Å². The molecule has 0 saturated carbocycles. The first-order valence-electron chi connectivity index (χ1n) is 9.21. The summed E-state index contributed by atoms with van der Waals surface area (Å²) in [6.07, 6.45) is 2.72. The van der Waals surface area contributed by atoms with Gasteiger partial charge < -0.3 is 14.2 Å². The Hall–Kier alpha value is -2.86. The molecule has 4 rings (SSSR count). The second-order valence-electron chi connectivity index (χ2n) is 6.67. The van der Waals surface area contributed by atoms with Gasteiger partial charge in [-0.2, -0.15) is 4.98 Å². The third-order valence-corrected chi connectivity index (χ3v) is 5.18. The first kappa shape index (κ1) is 18.5. The molecule has 3 aromatic rings. The maximum Gasteiger partial charge on any atom is 0.258 e. The highest BCUT2D eigenvalue weighted by molar-refractivity contribution is 6.30. The van der Waals surface area contributed by atoms with Crippen LogP contribution < -0.4 is 4.74 Å². The summed E-state index contributed by atoms with van der Waals surface area (Å²) in [6, 6.07) is 14.2. The molecule has 1 aliphatic rings. The van der Waals surface area contributed by atoms with E-state index in [1.165, 1.54) is 0 Å². The number of amides is 1. The number of piperidine rings is 1. The fourth-order valence-corrected chi connectivity index (χ4v) is 3.62. The Kier molecular flexibility index (Phi) is 5.30. The predicted molar refractivity (Wildman–Crippen MR) is 105 cm³/mol. The quantitative estimate of drug-likeness (QED) is 0.634. The number of methoxy groups -OCH3 is 1. The standard InChI is InChI=1S/C21H20ClN3O3/c1-27-18-8-3-2-6-16(18)21(26)25-13-5-4-7-17(25)20-23-19(24-28-20)14-9-11-15(22)12-10-14/h2-3,6,8-12,17H,4-5,7,13H2,1H3/t17-/m0/s1. The molecule has 0 unspecified atom stereocenters. The molecule has 1 atom stereocenters. The van der Waals surface area contributed by atoms with Crippen molar-refractivity contribution in [1.82, 2.24) is 15.0 Å². The van der Waals surface area contributed by atoms with E-state index in [4.69, 9.17) is 20.9 Å². The second kappa shape index (κ2) is 8.02. The molecule has 0 radical (unpaired) electrons. The van der Waals surface area contributed by atoms with Crippen LogP contribution in [0.15, 0.2) is 53.1 Å². The Morgan fingerprint density at radius 2 is 1.96 bits per heavy atom. The molecule has 1 saturated heterocycles. The molecule has 2 heterocycles. The van der Waals surface area contributed by atoms with Crippen molar-refractivity contribution in [2.24, 2.45) is 0 Å². The van der Waals surface area contributed by atoms with Crippen LogP contribution in [-0.2, 0) is 0 Å². The molecule has 1 amide bonds. The normalized spacial score (nSPS) is 16.8. The smallest absolute Gasteiger partial charge is 0.258 e. The maximum atomic E-state index is 13.2. The van der Waals surface area contributed by atoms with E-state index in [0.717, 1.165) is 24.8 Å². The number of nitrogens with zero attached hydrogens (tertiary/aromatic N) is 3. The van der Waals surface area contributed by atoms with Gasteiger partial charge in [0.05, 0.1) is 12.7 Å². The highest BCUT2D eigenvalue weighted by Crippen LogP contribution is 2.33. The van der Waals surface area contributed by atoms with Crippen LogP contribution in [0.4, 0.5) is 0 Å². The number of hydrogen-bond acceptors (Lipinski definition) is 5. The highest BCUT2D eigenvalue weighted by atomic mass is 35.5. The fraction of sp³-hybridized carbons (Fsp3) is 0.286. The van der Waals surface area contributed by atoms with Crippen LogP contribution in [0.1, 0.15) is 41.6 Å². The van der Waals surface area contributed by atoms with Crippen molar-refractivity contribution in [3.8, 4) is 17.1 Å². The fourth-order valence-electron chi connectivity index (χ4n) is 3.49. The van der Waals surface area contributed by atoms with Crippen LogP contribution in [-0.4, -0.2) is 34.6 Å². The van der Waals surface area contributed by atoms with Crippen LogP contribution in [0.2, 0.25) is 5.02 Å². The van der Waals surface area contributed by atoms with Gasteiger partial charge in [-0.25, -0.2) is 0 Å². The SMILES string of the molecule is COc1ccccc1C(=O)N1CCCC[C@H]1c1nc(-c2ccc(Cl)cc2)no1. The lowest BCUT2D eigenvalue weighted by molar-refractivity contribution is 0.0558. The minimum atomic E-state index is -0.250. The Bertz CT molecular complexity index is 971. The van der Waals surface area contributed by atoms with Crippen LogP contribution >= 0.6 is 11.6 Å². The van der Waals surface area contributed by atoms with Gasteiger partial charge >= 0.3 is 0 Å². The van der Waals surface area contributed by atoms with Crippen molar-refractivity contribution in [2.45, 2.75) is 25.3 Å². The summed E-state index contributed by atoms with van der Waals surface area (Å²) in [4.78, 5) is 19.6. The first-order valence-corrected chi connectivity index (χ1v) is 9.58. The molecule has 1 aromatic heterocycles. The summed E-state index contributed by atoms with van der Waals surface area (Å²) in [7, 11) is 1.57. The van der Waals surface area contributed by atoms with Gasteiger partial charge in [0.25, 0.3) is 5.91 Å². The summed E-state index contributed by atoms with van der Waals surface area (Å²) in [5, 5.41) is 4.75. The van der Waals surface area contributed by atoms with E-state index in [-0.39, 0.29) is 11.9 Å². The molecule has 6 nitrogen and oxygen atoms in total. The van der Waals surface area contributed by atoms with Gasteiger partial charge in [0.1, 0.15) is 11.8 Å². The van der Waals surface area contributed by atoms with E-state index in [1.807, 2.05) is 24.3 Å². The largest absolute Gasteiger partial charge is 0.496 e. The van der Waals surface area contributed by atoms with Gasteiger partial charge in [0, 0.05) is 17.1 Å². The predicted octanol–water partition coefficient (Wildman–Crippen LogP) is 4.77. The average Bonchev–Trinajstić information content (AvgIpc) is 3.24. The molecule has 7 heteroatoms. The van der Waals surface area contributed by atoms with Crippen molar-refractivity contribution in [3.63, 3.8) is 0 Å². The van der Waals surface area contributed by atoms with E-state index in [9.17, 15) is 4.79 Å². The minimum absolute atomic E-state index is 0.0895. The van der Waals surface area contributed by atoms with Crippen LogP contribution in [0.25, 0.3) is 11.4 Å².